The first-order chi connectivity index (χ1) is 15.6. The number of aromatic nitrogens is 3. The first kappa shape index (κ1) is 24.1. The Labute approximate surface area is 190 Å². The number of carbonyl (C=O) groups excluding carboxylic acids is 1. The smallest absolute Gasteiger partial charge is 0.255 e. The average Bonchev–Trinajstić information content (AvgIpc) is 3.19. The highest BCUT2D eigenvalue weighted by atomic mass is 19.1. The number of pyridine rings is 2. The van der Waals surface area contributed by atoms with Gasteiger partial charge in [-0.25, -0.2) is 14.4 Å². The summed E-state index contributed by atoms with van der Waals surface area (Å²) in [6.07, 6.45) is 3.12. The molecule has 0 radical (unpaired) electrons. The van der Waals surface area contributed by atoms with Crippen molar-refractivity contribution in [2.45, 2.75) is 45.0 Å². The van der Waals surface area contributed by atoms with Gasteiger partial charge < -0.3 is 15.7 Å². The summed E-state index contributed by atoms with van der Waals surface area (Å²) in [4.78, 5) is 21.4. The van der Waals surface area contributed by atoms with Crippen LogP contribution in [0.4, 0.5) is 14.5 Å². The van der Waals surface area contributed by atoms with Crippen molar-refractivity contribution in [3.63, 3.8) is 0 Å². The lowest BCUT2D eigenvalue weighted by Crippen LogP contribution is -2.42. The summed E-state index contributed by atoms with van der Waals surface area (Å²) in [6.45, 7) is 3.51. The zero-order chi connectivity index (χ0) is 24.2. The maximum absolute atomic E-state index is 14.1. The third-order valence-electron chi connectivity index (χ3n) is 5.19. The molecule has 3 heterocycles. The molecule has 3 aromatic heterocycles. The molecule has 0 aromatic carbocycles. The van der Waals surface area contributed by atoms with E-state index < -0.39 is 24.4 Å². The van der Waals surface area contributed by atoms with E-state index in [1.54, 1.807) is 35.9 Å². The molecule has 1 amide bonds. The second-order valence-electron chi connectivity index (χ2n) is 8.38. The largest absolute Gasteiger partial charge is 0.387 e. The van der Waals surface area contributed by atoms with Crippen LogP contribution in [0.2, 0.25) is 0 Å². The van der Waals surface area contributed by atoms with Crippen molar-refractivity contribution in [2.24, 2.45) is 0 Å². The van der Waals surface area contributed by atoms with Gasteiger partial charge in [0.25, 0.3) is 5.91 Å². The zero-order valence-electron chi connectivity index (χ0n) is 18.6. The number of amides is 1. The van der Waals surface area contributed by atoms with Gasteiger partial charge in [-0.1, -0.05) is 0 Å². The summed E-state index contributed by atoms with van der Waals surface area (Å²) in [5.41, 5.74) is -0.0389. The minimum Gasteiger partial charge on any atom is -0.387 e. The predicted octanol–water partition coefficient (Wildman–Crippen LogP) is 3.29. The number of halogens is 2. The van der Waals surface area contributed by atoms with Crippen LogP contribution in [0.3, 0.4) is 0 Å². The standard InChI is InChI=1S/C23H26F2N6O2/c1-14(4-6-24)30-18-9-20(31-7-5-16-8-15(10-26)11-28-21(16)31)27-12-17(18)22(32)29-13-19(25)23(2,3)33/h5,7-9,11-12,14,19,33H,4,6,13H2,1-3H3,(H,27,30)(H,29,32). The number of alkyl halides is 2. The summed E-state index contributed by atoms with van der Waals surface area (Å²) in [5, 5.41) is 25.2. The van der Waals surface area contributed by atoms with Gasteiger partial charge in [-0.3, -0.25) is 13.8 Å². The Morgan fingerprint density at radius 2 is 2.09 bits per heavy atom. The van der Waals surface area contributed by atoms with E-state index in [4.69, 9.17) is 5.26 Å². The number of nitrogens with one attached hydrogen (secondary N) is 2. The molecular weight excluding hydrogens is 430 g/mol. The molecule has 0 aliphatic heterocycles. The van der Waals surface area contributed by atoms with E-state index in [1.165, 1.54) is 26.2 Å². The predicted molar refractivity (Wildman–Crippen MR) is 121 cm³/mol. The molecule has 0 saturated carbocycles. The maximum atomic E-state index is 14.1. The SMILES string of the molecule is CC(CCF)Nc1cc(-n2ccc3cc(C#N)cnc32)ncc1C(=O)NCC(F)C(C)(C)O. The van der Waals surface area contributed by atoms with Crippen LogP contribution < -0.4 is 10.6 Å². The number of anilines is 1. The van der Waals surface area contributed by atoms with E-state index in [9.17, 15) is 18.7 Å². The van der Waals surface area contributed by atoms with Gasteiger partial charge in [0.1, 0.15) is 23.7 Å². The first-order valence-electron chi connectivity index (χ1n) is 10.5. The molecule has 10 heteroatoms. The van der Waals surface area contributed by atoms with Crippen LogP contribution in [0.15, 0.2) is 36.8 Å². The molecule has 0 saturated heterocycles. The van der Waals surface area contributed by atoms with E-state index in [2.05, 4.69) is 20.6 Å². The van der Waals surface area contributed by atoms with Crippen molar-refractivity contribution in [1.29, 1.82) is 5.26 Å². The fraction of sp³-hybridized carbons (Fsp3) is 0.391. The van der Waals surface area contributed by atoms with Crippen LogP contribution in [0, 0.1) is 11.3 Å². The molecule has 3 aromatic rings. The molecule has 33 heavy (non-hydrogen) atoms. The summed E-state index contributed by atoms with van der Waals surface area (Å²) >= 11 is 0. The van der Waals surface area contributed by atoms with E-state index in [1.807, 2.05) is 6.07 Å². The van der Waals surface area contributed by atoms with Crippen molar-refractivity contribution >= 4 is 22.6 Å². The van der Waals surface area contributed by atoms with Crippen LogP contribution in [0.25, 0.3) is 16.9 Å². The number of hydrogen-bond acceptors (Lipinski definition) is 6. The van der Waals surface area contributed by atoms with Gasteiger partial charge in [0.05, 0.1) is 35.6 Å². The van der Waals surface area contributed by atoms with E-state index in [0.717, 1.165) is 5.39 Å². The molecule has 0 bridgehead atoms. The van der Waals surface area contributed by atoms with Crippen LogP contribution in [-0.2, 0) is 0 Å². The van der Waals surface area contributed by atoms with E-state index in [-0.39, 0.29) is 24.6 Å². The van der Waals surface area contributed by atoms with Gasteiger partial charge in [-0.05, 0) is 39.3 Å². The lowest BCUT2D eigenvalue weighted by molar-refractivity contribution is -0.00177. The number of carbonyl (C=O) groups is 1. The minimum absolute atomic E-state index is 0.156. The monoisotopic (exact) mass is 456 g/mol. The minimum atomic E-state index is -1.66. The topological polar surface area (TPSA) is 116 Å². The summed E-state index contributed by atoms with van der Waals surface area (Å²) < 4.78 is 28.6. The molecule has 174 valence electrons. The molecule has 0 aliphatic carbocycles. The number of nitriles is 1. The number of rotatable bonds is 9. The highest BCUT2D eigenvalue weighted by Gasteiger charge is 2.27. The summed E-state index contributed by atoms with van der Waals surface area (Å²) in [5.74, 6) is -0.126. The van der Waals surface area contributed by atoms with Gasteiger partial charge >= 0.3 is 0 Å². The Morgan fingerprint density at radius 3 is 2.76 bits per heavy atom. The second-order valence-corrected chi connectivity index (χ2v) is 8.38. The molecule has 3 N–H and O–H groups in total. The first-order valence-corrected chi connectivity index (χ1v) is 10.5. The Balaban J connectivity index is 1.95. The molecule has 0 aliphatic rings. The quantitative estimate of drug-likeness (QED) is 0.455. The Hall–Kier alpha value is -3.58. The van der Waals surface area contributed by atoms with E-state index >= 15 is 0 Å². The second kappa shape index (κ2) is 9.92. The lowest BCUT2D eigenvalue weighted by atomic mass is 10.0. The van der Waals surface area contributed by atoms with Crippen molar-refractivity contribution in [3.8, 4) is 11.9 Å². The molecule has 0 fully saturated rings. The Morgan fingerprint density at radius 1 is 1.33 bits per heavy atom. The fourth-order valence-electron chi connectivity index (χ4n) is 3.17. The molecule has 3 rings (SSSR count). The number of fused-ring (bicyclic) bond motifs is 1. The third kappa shape index (κ3) is 5.62. The van der Waals surface area contributed by atoms with Crippen molar-refractivity contribution < 1.29 is 18.7 Å². The maximum Gasteiger partial charge on any atom is 0.255 e. The van der Waals surface area contributed by atoms with Crippen LogP contribution in [0.1, 0.15) is 43.1 Å². The van der Waals surface area contributed by atoms with Crippen LogP contribution >= 0.6 is 0 Å². The highest BCUT2D eigenvalue weighted by Crippen LogP contribution is 2.24. The van der Waals surface area contributed by atoms with Crippen LogP contribution in [0.5, 0.6) is 0 Å². The normalized spacial score (nSPS) is 13.4. The van der Waals surface area contributed by atoms with Gasteiger partial charge in [0, 0.05) is 36.1 Å². The fourth-order valence-corrected chi connectivity index (χ4v) is 3.17. The van der Waals surface area contributed by atoms with Crippen LogP contribution in [-0.4, -0.2) is 56.6 Å². The molecule has 2 unspecified atom stereocenters. The van der Waals surface area contributed by atoms with Gasteiger partial charge in [-0.2, -0.15) is 5.26 Å². The Kier molecular flexibility index (Phi) is 7.23. The van der Waals surface area contributed by atoms with Gasteiger partial charge in [0.2, 0.25) is 0 Å². The number of aliphatic hydroxyl groups is 1. The third-order valence-corrected chi connectivity index (χ3v) is 5.19. The average molecular weight is 456 g/mol. The highest BCUT2D eigenvalue weighted by molar-refractivity contribution is 5.99. The lowest BCUT2D eigenvalue weighted by Gasteiger charge is -2.23. The molecule has 0 spiro atoms. The van der Waals surface area contributed by atoms with E-state index in [0.29, 0.717) is 22.7 Å². The molecule has 2 atom stereocenters. The zero-order valence-corrected chi connectivity index (χ0v) is 18.6. The summed E-state index contributed by atoms with van der Waals surface area (Å²) in [6, 6.07) is 6.90. The Bertz CT molecular complexity index is 1180. The van der Waals surface area contributed by atoms with Crippen molar-refractivity contribution in [3.05, 3.63) is 47.9 Å². The summed E-state index contributed by atoms with van der Waals surface area (Å²) in [7, 11) is 0. The van der Waals surface area contributed by atoms with Crippen molar-refractivity contribution in [2.75, 3.05) is 18.5 Å². The van der Waals surface area contributed by atoms with Crippen molar-refractivity contribution in [1.82, 2.24) is 19.9 Å². The van der Waals surface area contributed by atoms with Gasteiger partial charge in [-0.15, -0.1) is 0 Å². The molecular formula is C23H26F2N6O2. The number of hydrogen-bond donors (Lipinski definition) is 3. The molecule has 8 nitrogen and oxygen atoms in total. The number of nitrogens with zero attached hydrogens (tertiary/aromatic N) is 4. The van der Waals surface area contributed by atoms with Gasteiger partial charge in [0.15, 0.2) is 0 Å².